The average Bonchev–Trinajstić information content (AvgIpc) is 1.84. The first-order chi connectivity index (χ1) is 4.61. The summed E-state index contributed by atoms with van der Waals surface area (Å²) in [6, 6.07) is 0. The maximum atomic E-state index is 10.6. The van der Waals surface area contributed by atoms with E-state index in [1.54, 1.807) is 0 Å². The number of hydrogen-bond donors (Lipinski definition) is 1. The van der Waals surface area contributed by atoms with Crippen LogP contribution in [0.5, 0.6) is 0 Å². The standard InChI is InChI=1S/C5H5BN2O2/c1-8-2-3(6)4(9)7-5(8)10/h2H,1H3,(H,7,9,10). The fourth-order valence-corrected chi connectivity index (χ4v) is 0.583. The average molecular weight is 136 g/mol. The number of aromatic nitrogens is 2. The molecule has 0 aliphatic heterocycles. The molecule has 1 aromatic heterocycles. The molecule has 2 radical (unpaired) electrons. The van der Waals surface area contributed by atoms with Gasteiger partial charge in [-0.2, -0.15) is 0 Å². The SMILES string of the molecule is [B]c1cn(C)c(=O)[nH]c1=O. The smallest absolute Gasteiger partial charge is 0.304 e. The van der Waals surface area contributed by atoms with Crippen molar-refractivity contribution in [1.82, 2.24) is 9.55 Å². The molecule has 5 heteroatoms. The number of nitrogens with one attached hydrogen (secondary N) is 1. The van der Waals surface area contributed by atoms with Gasteiger partial charge in [-0.3, -0.25) is 9.78 Å². The van der Waals surface area contributed by atoms with Crippen molar-refractivity contribution in [2.75, 3.05) is 0 Å². The molecule has 0 amide bonds. The number of H-pyrrole nitrogens is 1. The van der Waals surface area contributed by atoms with Crippen LogP contribution in [0.2, 0.25) is 0 Å². The topological polar surface area (TPSA) is 54.9 Å². The third-order valence-corrected chi connectivity index (χ3v) is 1.14. The van der Waals surface area contributed by atoms with Crippen molar-refractivity contribution in [2.45, 2.75) is 0 Å². The van der Waals surface area contributed by atoms with E-state index in [-0.39, 0.29) is 5.46 Å². The molecule has 0 aromatic carbocycles. The molecule has 1 heterocycles. The van der Waals surface area contributed by atoms with E-state index in [9.17, 15) is 9.59 Å². The lowest BCUT2D eigenvalue weighted by Gasteiger charge is -1.95. The fourth-order valence-electron chi connectivity index (χ4n) is 0.583. The molecule has 1 rings (SSSR count). The summed E-state index contributed by atoms with van der Waals surface area (Å²) in [5, 5.41) is 0. The van der Waals surface area contributed by atoms with Crippen molar-refractivity contribution < 1.29 is 0 Å². The number of rotatable bonds is 0. The Bertz CT molecular complexity index is 320. The van der Waals surface area contributed by atoms with Gasteiger partial charge in [0, 0.05) is 13.2 Å². The first-order valence-electron chi connectivity index (χ1n) is 2.66. The summed E-state index contributed by atoms with van der Waals surface area (Å²) in [6.45, 7) is 0. The van der Waals surface area contributed by atoms with E-state index in [1.807, 2.05) is 4.98 Å². The highest BCUT2D eigenvalue weighted by Crippen LogP contribution is 1.58. The van der Waals surface area contributed by atoms with Gasteiger partial charge in [-0.05, 0) is 5.46 Å². The molecular formula is C5H5BN2O2. The molecule has 50 valence electrons. The summed E-state index contributed by atoms with van der Waals surface area (Å²) in [7, 11) is 6.69. The number of aryl methyl sites for hydroxylation is 1. The van der Waals surface area contributed by atoms with Crippen molar-refractivity contribution in [3.63, 3.8) is 0 Å². The monoisotopic (exact) mass is 136 g/mol. The van der Waals surface area contributed by atoms with Crippen molar-refractivity contribution in [1.29, 1.82) is 0 Å². The van der Waals surface area contributed by atoms with Gasteiger partial charge in [0.2, 0.25) is 5.56 Å². The highest BCUT2D eigenvalue weighted by molar-refractivity contribution is 6.31. The fraction of sp³-hybridized carbons (Fsp3) is 0.200. The minimum atomic E-state index is -0.539. The Morgan fingerprint density at radius 2 is 2.20 bits per heavy atom. The molecule has 10 heavy (non-hydrogen) atoms. The molecule has 0 aliphatic rings. The van der Waals surface area contributed by atoms with Crippen molar-refractivity contribution in [3.05, 3.63) is 27.0 Å². The minimum absolute atomic E-state index is 0.0436. The lowest BCUT2D eigenvalue weighted by atomic mass is 10.0. The zero-order valence-corrected chi connectivity index (χ0v) is 5.42. The Balaban J connectivity index is 3.59. The van der Waals surface area contributed by atoms with Gasteiger partial charge in [0.1, 0.15) is 7.85 Å². The summed E-state index contributed by atoms with van der Waals surface area (Å²) < 4.78 is 1.21. The summed E-state index contributed by atoms with van der Waals surface area (Å²) >= 11 is 0. The third-order valence-electron chi connectivity index (χ3n) is 1.14. The molecular weight excluding hydrogens is 131 g/mol. The van der Waals surface area contributed by atoms with Crippen LogP contribution in [0.4, 0.5) is 0 Å². The summed E-state index contributed by atoms with van der Waals surface area (Å²) in [6.07, 6.45) is 1.28. The van der Waals surface area contributed by atoms with Gasteiger partial charge in [-0.25, -0.2) is 4.79 Å². The Kier molecular flexibility index (Phi) is 1.49. The Morgan fingerprint density at radius 3 is 2.70 bits per heavy atom. The zero-order chi connectivity index (χ0) is 7.72. The van der Waals surface area contributed by atoms with Crippen molar-refractivity contribution in [2.24, 2.45) is 7.05 Å². The van der Waals surface area contributed by atoms with E-state index in [4.69, 9.17) is 7.85 Å². The predicted octanol–water partition coefficient (Wildman–Crippen LogP) is -2.13. The van der Waals surface area contributed by atoms with E-state index in [0.717, 1.165) is 0 Å². The van der Waals surface area contributed by atoms with Crippen molar-refractivity contribution >= 4 is 13.3 Å². The van der Waals surface area contributed by atoms with Crippen LogP contribution in [0.1, 0.15) is 0 Å². The maximum Gasteiger partial charge on any atom is 0.328 e. The van der Waals surface area contributed by atoms with E-state index in [2.05, 4.69) is 0 Å². The van der Waals surface area contributed by atoms with Crippen LogP contribution in [-0.2, 0) is 7.05 Å². The Labute approximate surface area is 57.9 Å². The van der Waals surface area contributed by atoms with Crippen LogP contribution in [0.25, 0.3) is 0 Å². The predicted molar refractivity (Wildman–Crippen MR) is 37.7 cm³/mol. The molecule has 0 atom stereocenters. The summed E-state index contributed by atoms with van der Waals surface area (Å²) in [5.41, 5.74) is -0.954. The quantitative estimate of drug-likeness (QED) is 0.414. The van der Waals surface area contributed by atoms with Gasteiger partial charge in [0.15, 0.2) is 0 Å². The van der Waals surface area contributed by atoms with Gasteiger partial charge in [0.05, 0.1) is 0 Å². The normalized spacial score (nSPS) is 9.70. The second-order valence-corrected chi connectivity index (χ2v) is 1.95. The van der Waals surface area contributed by atoms with Crippen LogP contribution in [0.15, 0.2) is 15.8 Å². The minimum Gasteiger partial charge on any atom is -0.304 e. The molecule has 0 spiro atoms. The highest BCUT2D eigenvalue weighted by atomic mass is 16.2. The molecule has 4 nitrogen and oxygen atoms in total. The number of hydrogen-bond acceptors (Lipinski definition) is 2. The van der Waals surface area contributed by atoms with Crippen molar-refractivity contribution in [3.8, 4) is 0 Å². The van der Waals surface area contributed by atoms with E-state index in [0.29, 0.717) is 0 Å². The largest absolute Gasteiger partial charge is 0.328 e. The first kappa shape index (κ1) is 6.86. The van der Waals surface area contributed by atoms with E-state index in [1.165, 1.54) is 17.8 Å². The molecule has 0 saturated carbocycles. The molecule has 0 fully saturated rings. The van der Waals surface area contributed by atoms with Gasteiger partial charge in [-0.1, -0.05) is 0 Å². The lowest BCUT2D eigenvalue weighted by Crippen LogP contribution is -2.38. The van der Waals surface area contributed by atoms with Crippen LogP contribution in [0, 0.1) is 0 Å². The molecule has 0 bridgehead atoms. The number of aromatic amines is 1. The maximum absolute atomic E-state index is 10.6. The highest BCUT2D eigenvalue weighted by Gasteiger charge is 1.93. The Hall–Kier alpha value is -1.26. The molecule has 0 unspecified atom stereocenters. The first-order valence-corrected chi connectivity index (χ1v) is 2.66. The van der Waals surface area contributed by atoms with Gasteiger partial charge >= 0.3 is 5.69 Å². The zero-order valence-electron chi connectivity index (χ0n) is 5.42. The lowest BCUT2D eigenvalue weighted by molar-refractivity contribution is 0.807. The number of nitrogens with zero attached hydrogens (tertiary/aromatic N) is 1. The molecule has 0 saturated heterocycles. The van der Waals surface area contributed by atoms with Crippen LogP contribution in [0.3, 0.4) is 0 Å². The molecule has 0 aliphatic carbocycles. The van der Waals surface area contributed by atoms with Gasteiger partial charge in [0.25, 0.3) is 0 Å². The molecule has 1 N–H and O–H groups in total. The second kappa shape index (κ2) is 2.17. The molecule has 1 aromatic rings. The van der Waals surface area contributed by atoms with Crippen LogP contribution < -0.4 is 16.7 Å². The van der Waals surface area contributed by atoms with Crippen LogP contribution >= 0.6 is 0 Å². The van der Waals surface area contributed by atoms with Gasteiger partial charge < -0.3 is 4.57 Å². The van der Waals surface area contributed by atoms with Gasteiger partial charge in [-0.15, -0.1) is 0 Å². The summed E-state index contributed by atoms with van der Waals surface area (Å²) in [5.74, 6) is 0. The van der Waals surface area contributed by atoms with Crippen LogP contribution in [-0.4, -0.2) is 17.4 Å². The van der Waals surface area contributed by atoms with E-state index >= 15 is 0 Å². The Morgan fingerprint density at radius 1 is 1.60 bits per heavy atom. The third kappa shape index (κ3) is 1.02. The summed E-state index contributed by atoms with van der Waals surface area (Å²) in [4.78, 5) is 23.3. The van der Waals surface area contributed by atoms with E-state index < -0.39 is 11.2 Å². The second-order valence-electron chi connectivity index (χ2n) is 1.95.